The number of rotatable bonds is 3. The first-order chi connectivity index (χ1) is 8.83. The first-order valence-corrected chi connectivity index (χ1v) is 6.05. The SMILES string of the molecule is COc1c(-c2noc(CN)n2)ccc2c1CCC2. The maximum absolute atomic E-state index is 5.53. The lowest BCUT2D eigenvalue weighted by Crippen LogP contribution is -1.97. The Bertz CT molecular complexity index is 578. The predicted molar refractivity (Wildman–Crippen MR) is 66.2 cm³/mol. The minimum atomic E-state index is 0.250. The number of hydrogen-bond donors (Lipinski definition) is 1. The second-order valence-electron chi connectivity index (χ2n) is 4.35. The Morgan fingerprint density at radius 2 is 2.28 bits per heavy atom. The molecule has 0 atom stereocenters. The molecule has 0 amide bonds. The van der Waals surface area contributed by atoms with Crippen LogP contribution in [0.25, 0.3) is 11.4 Å². The van der Waals surface area contributed by atoms with Gasteiger partial charge in [-0.3, -0.25) is 0 Å². The number of ether oxygens (including phenoxy) is 1. The average molecular weight is 245 g/mol. The van der Waals surface area contributed by atoms with E-state index in [-0.39, 0.29) is 6.54 Å². The van der Waals surface area contributed by atoms with Crippen molar-refractivity contribution in [2.75, 3.05) is 7.11 Å². The van der Waals surface area contributed by atoms with E-state index in [0.717, 1.165) is 24.2 Å². The van der Waals surface area contributed by atoms with Crippen molar-refractivity contribution in [3.8, 4) is 17.1 Å². The normalized spacial score (nSPS) is 13.7. The minimum Gasteiger partial charge on any atom is -0.496 e. The summed E-state index contributed by atoms with van der Waals surface area (Å²) in [4.78, 5) is 4.25. The molecule has 0 spiro atoms. The third-order valence-corrected chi connectivity index (χ3v) is 3.32. The van der Waals surface area contributed by atoms with Gasteiger partial charge in [-0.15, -0.1) is 0 Å². The van der Waals surface area contributed by atoms with E-state index in [2.05, 4.69) is 16.2 Å². The van der Waals surface area contributed by atoms with Crippen LogP contribution in [0.5, 0.6) is 5.75 Å². The van der Waals surface area contributed by atoms with Gasteiger partial charge in [-0.1, -0.05) is 11.2 Å². The van der Waals surface area contributed by atoms with Crippen LogP contribution in [0.4, 0.5) is 0 Å². The van der Waals surface area contributed by atoms with Gasteiger partial charge >= 0.3 is 0 Å². The zero-order valence-corrected chi connectivity index (χ0v) is 10.3. The standard InChI is InChI=1S/C13H15N3O2/c1-17-12-9-4-2-3-8(9)5-6-10(12)13-15-11(7-14)18-16-13/h5-6H,2-4,7,14H2,1H3. The number of benzene rings is 1. The first kappa shape index (κ1) is 11.2. The summed E-state index contributed by atoms with van der Waals surface area (Å²) < 4.78 is 10.6. The average Bonchev–Trinajstić information content (AvgIpc) is 3.05. The predicted octanol–water partition coefficient (Wildman–Crippen LogP) is 1.69. The fourth-order valence-corrected chi connectivity index (χ4v) is 2.49. The Balaban J connectivity index is 2.11. The molecule has 0 radical (unpaired) electrons. The molecule has 0 saturated carbocycles. The van der Waals surface area contributed by atoms with Crippen molar-refractivity contribution in [3.63, 3.8) is 0 Å². The third kappa shape index (κ3) is 1.67. The Labute approximate surface area is 105 Å². The maximum Gasteiger partial charge on any atom is 0.240 e. The summed E-state index contributed by atoms with van der Waals surface area (Å²) in [6.45, 7) is 0.250. The van der Waals surface area contributed by atoms with Crippen LogP contribution in [-0.2, 0) is 19.4 Å². The lowest BCUT2D eigenvalue weighted by Gasteiger charge is -2.10. The summed E-state index contributed by atoms with van der Waals surface area (Å²) in [7, 11) is 1.68. The number of nitrogens with two attached hydrogens (primary N) is 1. The van der Waals surface area contributed by atoms with Crippen LogP contribution in [0.1, 0.15) is 23.4 Å². The topological polar surface area (TPSA) is 74.2 Å². The number of methoxy groups -OCH3 is 1. The van der Waals surface area contributed by atoms with Gasteiger partial charge in [-0.2, -0.15) is 4.98 Å². The molecule has 1 aromatic carbocycles. The van der Waals surface area contributed by atoms with E-state index in [0.29, 0.717) is 11.7 Å². The Hall–Kier alpha value is -1.88. The lowest BCUT2D eigenvalue weighted by molar-refractivity contribution is 0.379. The van der Waals surface area contributed by atoms with E-state index in [1.165, 1.54) is 17.5 Å². The molecule has 5 nitrogen and oxygen atoms in total. The van der Waals surface area contributed by atoms with Crippen molar-refractivity contribution >= 4 is 0 Å². The number of nitrogens with zero attached hydrogens (tertiary/aromatic N) is 2. The van der Waals surface area contributed by atoms with Crippen LogP contribution in [0.3, 0.4) is 0 Å². The van der Waals surface area contributed by atoms with Gasteiger partial charge in [0.05, 0.1) is 19.2 Å². The summed E-state index contributed by atoms with van der Waals surface area (Å²) in [5.74, 6) is 1.85. The van der Waals surface area contributed by atoms with Crippen molar-refractivity contribution in [1.29, 1.82) is 0 Å². The third-order valence-electron chi connectivity index (χ3n) is 3.32. The summed E-state index contributed by atoms with van der Waals surface area (Å²) >= 11 is 0. The molecule has 1 aliphatic rings. The van der Waals surface area contributed by atoms with Crippen LogP contribution < -0.4 is 10.5 Å². The monoisotopic (exact) mass is 245 g/mol. The van der Waals surface area contributed by atoms with Crippen molar-refractivity contribution in [1.82, 2.24) is 10.1 Å². The zero-order valence-electron chi connectivity index (χ0n) is 10.3. The molecule has 0 unspecified atom stereocenters. The first-order valence-electron chi connectivity index (χ1n) is 6.05. The Morgan fingerprint density at radius 3 is 3.00 bits per heavy atom. The second-order valence-corrected chi connectivity index (χ2v) is 4.35. The largest absolute Gasteiger partial charge is 0.496 e. The molecule has 0 saturated heterocycles. The summed E-state index contributed by atoms with van der Waals surface area (Å²) in [6.07, 6.45) is 3.34. The number of hydrogen-bond acceptors (Lipinski definition) is 5. The van der Waals surface area contributed by atoms with E-state index < -0.39 is 0 Å². The van der Waals surface area contributed by atoms with Crippen LogP contribution in [-0.4, -0.2) is 17.3 Å². The molecule has 2 N–H and O–H groups in total. The number of aryl methyl sites for hydroxylation is 1. The molecule has 1 heterocycles. The fourth-order valence-electron chi connectivity index (χ4n) is 2.49. The van der Waals surface area contributed by atoms with Crippen molar-refractivity contribution in [2.24, 2.45) is 5.73 Å². The molecule has 5 heteroatoms. The lowest BCUT2D eigenvalue weighted by atomic mass is 10.0. The smallest absolute Gasteiger partial charge is 0.240 e. The van der Waals surface area contributed by atoms with Crippen LogP contribution in [0.15, 0.2) is 16.7 Å². The van der Waals surface area contributed by atoms with Crippen molar-refractivity contribution in [3.05, 3.63) is 29.2 Å². The fraction of sp³-hybridized carbons (Fsp3) is 0.385. The molecule has 2 aromatic rings. The highest BCUT2D eigenvalue weighted by Crippen LogP contribution is 2.37. The summed E-state index contributed by atoms with van der Waals surface area (Å²) in [5.41, 5.74) is 8.98. The van der Waals surface area contributed by atoms with Gasteiger partial charge in [-0.25, -0.2) is 0 Å². The molecule has 0 aliphatic heterocycles. The molecule has 0 bridgehead atoms. The molecule has 1 aliphatic carbocycles. The van der Waals surface area contributed by atoms with Gasteiger partial charge in [-0.05, 0) is 36.5 Å². The van der Waals surface area contributed by atoms with Gasteiger partial charge in [0.25, 0.3) is 0 Å². The second kappa shape index (κ2) is 4.42. The number of fused-ring (bicyclic) bond motifs is 1. The molecule has 1 aromatic heterocycles. The quantitative estimate of drug-likeness (QED) is 0.890. The van der Waals surface area contributed by atoms with E-state index in [1.807, 2.05) is 6.07 Å². The van der Waals surface area contributed by atoms with E-state index in [9.17, 15) is 0 Å². The van der Waals surface area contributed by atoms with Gasteiger partial charge in [0.2, 0.25) is 11.7 Å². The van der Waals surface area contributed by atoms with Gasteiger partial charge in [0, 0.05) is 0 Å². The van der Waals surface area contributed by atoms with Crippen LogP contribution in [0.2, 0.25) is 0 Å². The molecule has 94 valence electrons. The molecule has 0 fully saturated rings. The maximum atomic E-state index is 5.53. The van der Waals surface area contributed by atoms with E-state index >= 15 is 0 Å². The molecule has 3 rings (SSSR count). The molecular formula is C13H15N3O2. The van der Waals surface area contributed by atoms with E-state index in [4.69, 9.17) is 15.0 Å². The highest BCUT2D eigenvalue weighted by Gasteiger charge is 2.21. The van der Waals surface area contributed by atoms with Gasteiger partial charge in [0.15, 0.2) is 0 Å². The zero-order chi connectivity index (χ0) is 12.5. The minimum absolute atomic E-state index is 0.250. The van der Waals surface area contributed by atoms with E-state index in [1.54, 1.807) is 7.11 Å². The Kier molecular flexibility index (Phi) is 2.76. The summed E-state index contributed by atoms with van der Waals surface area (Å²) in [5, 5.41) is 3.95. The highest BCUT2D eigenvalue weighted by molar-refractivity contribution is 5.68. The van der Waals surface area contributed by atoms with Crippen molar-refractivity contribution < 1.29 is 9.26 Å². The molecular weight excluding hydrogens is 230 g/mol. The van der Waals surface area contributed by atoms with Gasteiger partial charge in [0.1, 0.15) is 5.75 Å². The van der Waals surface area contributed by atoms with Crippen molar-refractivity contribution in [2.45, 2.75) is 25.8 Å². The summed E-state index contributed by atoms with van der Waals surface area (Å²) in [6, 6.07) is 4.12. The van der Waals surface area contributed by atoms with Crippen LogP contribution in [0, 0.1) is 0 Å². The number of aromatic nitrogens is 2. The van der Waals surface area contributed by atoms with Gasteiger partial charge < -0.3 is 15.0 Å². The Morgan fingerprint density at radius 1 is 1.39 bits per heavy atom. The molecule has 18 heavy (non-hydrogen) atoms. The van der Waals surface area contributed by atoms with Crippen LogP contribution >= 0.6 is 0 Å². The highest BCUT2D eigenvalue weighted by atomic mass is 16.5.